The molecule has 428 valence electrons. The highest BCUT2D eigenvalue weighted by molar-refractivity contribution is 8.15. The summed E-state index contributed by atoms with van der Waals surface area (Å²) in [4.78, 5) is 94.6. The Hall–Kier alpha value is -7.13. The predicted molar refractivity (Wildman–Crippen MR) is 285 cm³/mol. The minimum atomic E-state index is -1.27. The third-order valence-corrected chi connectivity index (χ3v) is 13.2. The van der Waals surface area contributed by atoms with Crippen molar-refractivity contribution >= 4 is 64.5 Å². The number of halogens is 2. The standard InChI is InChI=1S/C52H72F2N10O13S/c1-8-38(29-65)77-43(76-33(4)5)31-75-50(71)58-27-23-42(66)61-44(32(2)3)46(68)60-41(16-12-25-56-48(55)69)45(67)59-37-20-17-34(18-21-37)30-74-49(70)57-26-13-24-52(35-14-10-9-11-15-35)64(51(72)63(6)73-7)62-47(78-52)39-28-36(53)19-22-40(39)54/h9-11,14-15,17-22,28,32-33,38,41,43-44,65H,8,12-13,16,23-27,29-31H2,1-7H3,(H,57,70)(H,58,71)(H,59,67)(H,60,68)(H,61,66)(H3,55,56,69). The van der Waals surface area contributed by atoms with Gasteiger partial charge in [-0.1, -0.05) is 75.0 Å². The number of benzene rings is 3. The fourth-order valence-corrected chi connectivity index (χ4v) is 9.00. The predicted octanol–water partition coefficient (Wildman–Crippen LogP) is 5.52. The van der Waals surface area contributed by atoms with E-state index in [1.54, 1.807) is 82.3 Å². The van der Waals surface area contributed by atoms with Crippen molar-refractivity contribution < 1.29 is 71.2 Å². The number of hydrogen-bond acceptors (Lipinski definition) is 15. The first-order chi connectivity index (χ1) is 37.2. The molecule has 1 heterocycles. The first-order valence-electron chi connectivity index (χ1n) is 25.4. The molecular formula is C52H72F2N10O13S. The number of carbonyl (C=O) groups is 7. The van der Waals surface area contributed by atoms with Crippen LogP contribution in [0.2, 0.25) is 0 Å². The molecule has 0 fully saturated rings. The van der Waals surface area contributed by atoms with E-state index >= 15 is 4.39 Å². The van der Waals surface area contributed by atoms with E-state index in [2.05, 4.69) is 37.0 Å². The van der Waals surface area contributed by atoms with Crippen LogP contribution in [0, 0.1) is 17.6 Å². The maximum Gasteiger partial charge on any atom is 0.407 e. The number of urea groups is 2. The van der Waals surface area contributed by atoms with Crippen LogP contribution in [0.3, 0.4) is 0 Å². The molecule has 78 heavy (non-hydrogen) atoms. The van der Waals surface area contributed by atoms with E-state index in [0.29, 0.717) is 23.2 Å². The number of hydrogen-bond donors (Lipinski definition) is 8. The summed E-state index contributed by atoms with van der Waals surface area (Å²) in [6.45, 7) is 8.14. The van der Waals surface area contributed by atoms with Gasteiger partial charge in [0.1, 0.15) is 46.8 Å². The largest absolute Gasteiger partial charge is 0.445 e. The van der Waals surface area contributed by atoms with Crippen molar-refractivity contribution in [1.82, 2.24) is 36.7 Å². The van der Waals surface area contributed by atoms with Crippen molar-refractivity contribution in [3.8, 4) is 0 Å². The maximum atomic E-state index is 15.1. The molecule has 0 saturated heterocycles. The van der Waals surface area contributed by atoms with Gasteiger partial charge >= 0.3 is 24.2 Å². The number of anilines is 1. The average molecular weight is 1120 g/mol. The maximum absolute atomic E-state index is 15.1. The number of thioether (sulfide) groups is 1. The Kier molecular flexibility index (Phi) is 26.0. The lowest BCUT2D eigenvalue weighted by molar-refractivity contribution is -0.209. The molecule has 3 aromatic carbocycles. The molecule has 0 radical (unpaired) electrons. The summed E-state index contributed by atoms with van der Waals surface area (Å²) in [5.41, 5.74) is 6.60. The van der Waals surface area contributed by atoms with Gasteiger partial charge in [-0.15, -0.1) is 0 Å². The average Bonchev–Trinajstić information content (AvgIpc) is 3.93. The molecule has 0 spiro atoms. The molecular weight excluding hydrogens is 1040 g/mol. The van der Waals surface area contributed by atoms with Crippen LogP contribution in [0.1, 0.15) is 89.8 Å². The molecule has 3 aromatic rings. The van der Waals surface area contributed by atoms with E-state index in [1.165, 1.54) is 19.2 Å². The summed E-state index contributed by atoms with van der Waals surface area (Å²) in [6.07, 6.45) is -2.25. The summed E-state index contributed by atoms with van der Waals surface area (Å²) in [6, 6.07) is 14.5. The number of nitrogens with one attached hydrogen (secondary N) is 6. The number of hydroxylamine groups is 2. The smallest absolute Gasteiger partial charge is 0.407 e. The number of hydrazone groups is 1. The van der Waals surface area contributed by atoms with Crippen LogP contribution in [0.15, 0.2) is 77.9 Å². The second kappa shape index (κ2) is 31.9. The number of aliphatic hydroxyl groups excluding tert-OH is 1. The van der Waals surface area contributed by atoms with Gasteiger partial charge in [0.25, 0.3) is 0 Å². The normalized spacial score (nSPS) is 15.5. The number of ether oxygens (including phenoxy) is 4. The van der Waals surface area contributed by atoms with E-state index < -0.39 is 88.9 Å². The number of primary amides is 1. The van der Waals surface area contributed by atoms with Crippen LogP contribution in [0.25, 0.3) is 0 Å². The number of rotatable bonds is 30. The van der Waals surface area contributed by atoms with Gasteiger partial charge in [0.15, 0.2) is 6.29 Å². The number of alkyl carbamates (subject to hydrolysis) is 2. The van der Waals surface area contributed by atoms with Crippen LogP contribution in [0.4, 0.5) is 33.6 Å². The van der Waals surface area contributed by atoms with E-state index in [1.807, 2.05) is 6.92 Å². The van der Waals surface area contributed by atoms with Gasteiger partial charge in [0, 0.05) is 44.4 Å². The Morgan fingerprint density at radius 3 is 2.17 bits per heavy atom. The topological polar surface area (TPSA) is 303 Å². The number of amides is 9. The quantitative estimate of drug-likeness (QED) is 0.0232. The molecule has 23 nitrogen and oxygen atoms in total. The second-order valence-electron chi connectivity index (χ2n) is 18.4. The Bertz CT molecular complexity index is 2490. The molecule has 5 atom stereocenters. The Morgan fingerprint density at radius 1 is 0.846 bits per heavy atom. The zero-order valence-electron chi connectivity index (χ0n) is 44.8. The highest BCUT2D eigenvalue weighted by Crippen LogP contribution is 2.51. The lowest BCUT2D eigenvalue weighted by Crippen LogP contribution is -2.54. The van der Waals surface area contributed by atoms with Gasteiger partial charge in [-0.3, -0.25) is 19.2 Å². The lowest BCUT2D eigenvalue weighted by atomic mass is 10.0. The molecule has 9 N–H and O–H groups in total. The lowest BCUT2D eigenvalue weighted by Gasteiger charge is -2.37. The van der Waals surface area contributed by atoms with Gasteiger partial charge < -0.3 is 61.7 Å². The molecule has 0 bridgehead atoms. The molecule has 1 aliphatic rings. The molecule has 26 heteroatoms. The number of aliphatic hydroxyl groups is 1. The minimum absolute atomic E-state index is 0.0626. The molecule has 1 aliphatic heterocycles. The number of nitrogens with two attached hydrogens (primary N) is 1. The SMILES string of the molecule is CCC(CO)OC(COC(=O)NCCC(=O)NC(C(=O)NC(CCCNC(N)=O)C(=O)Nc1ccc(COC(=O)NCCCC2(c3ccccc3)SC(c3cc(F)ccc3F)=NN2C(=O)N(C)OC)cc1)C(C)C)OC(C)C. The summed E-state index contributed by atoms with van der Waals surface area (Å²) in [5, 5.41) is 31.9. The zero-order chi connectivity index (χ0) is 57.4. The Balaban J connectivity index is 1.31. The van der Waals surface area contributed by atoms with Crippen molar-refractivity contribution in [1.29, 1.82) is 0 Å². The van der Waals surface area contributed by atoms with Gasteiger partial charge in [-0.2, -0.15) is 10.1 Å². The highest BCUT2D eigenvalue weighted by atomic mass is 32.2. The Morgan fingerprint density at radius 2 is 1.53 bits per heavy atom. The van der Waals surface area contributed by atoms with Crippen molar-refractivity contribution in [2.75, 3.05) is 52.3 Å². The van der Waals surface area contributed by atoms with Crippen LogP contribution >= 0.6 is 11.8 Å². The highest BCUT2D eigenvalue weighted by Gasteiger charge is 2.50. The summed E-state index contributed by atoms with van der Waals surface area (Å²) < 4.78 is 51.4. The van der Waals surface area contributed by atoms with E-state index in [0.717, 1.165) is 35.0 Å². The third kappa shape index (κ3) is 20.0. The Labute approximate surface area is 456 Å². The molecule has 0 saturated carbocycles. The van der Waals surface area contributed by atoms with Crippen molar-refractivity contribution in [2.24, 2.45) is 16.8 Å². The van der Waals surface area contributed by atoms with Crippen molar-refractivity contribution in [3.05, 3.63) is 101 Å². The summed E-state index contributed by atoms with van der Waals surface area (Å²) in [5.74, 6) is -3.70. The fraction of sp³-hybridized carbons (Fsp3) is 0.500. The van der Waals surface area contributed by atoms with Gasteiger partial charge in [-0.05, 0) is 93.3 Å². The molecule has 0 aromatic heterocycles. The monoisotopic (exact) mass is 1110 g/mol. The second-order valence-corrected chi connectivity index (χ2v) is 19.6. The van der Waals surface area contributed by atoms with Crippen LogP contribution in [-0.4, -0.2) is 140 Å². The van der Waals surface area contributed by atoms with Gasteiger partial charge in [-0.25, -0.2) is 33.0 Å². The zero-order valence-corrected chi connectivity index (χ0v) is 45.6. The summed E-state index contributed by atoms with van der Waals surface area (Å²) >= 11 is 1.07. The third-order valence-electron chi connectivity index (χ3n) is 11.7. The van der Waals surface area contributed by atoms with Crippen molar-refractivity contribution in [3.63, 3.8) is 0 Å². The molecule has 4 rings (SSSR count). The first-order valence-corrected chi connectivity index (χ1v) is 26.2. The van der Waals surface area contributed by atoms with E-state index in [-0.39, 0.29) is 88.3 Å². The molecule has 0 aliphatic carbocycles. The van der Waals surface area contributed by atoms with E-state index in [9.17, 15) is 43.1 Å². The van der Waals surface area contributed by atoms with Crippen LogP contribution < -0.4 is 37.6 Å². The van der Waals surface area contributed by atoms with Crippen molar-refractivity contribution in [2.45, 2.75) is 115 Å². The van der Waals surface area contributed by atoms with E-state index in [4.69, 9.17) is 29.5 Å². The number of carbonyl (C=O) groups excluding carboxylic acids is 7. The van der Waals surface area contributed by atoms with Gasteiger partial charge in [0.05, 0.1) is 25.9 Å². The van der Waals surface area contributed by atoms with Gasteiger partial charge in [0.2, 0.25) is 17.7 Å². The molecule has 9 amide bonds. The number of nitrogens with zero attached hydrogens (tertiary/aromatic N) is 3. The van der Waals surface area contributed by atoms with Crippen LogP contribution in [-0.2, 0) is 49.6 Å². The first kappa shape index (κ1) is 63.4. The molecule has 5 unspecified atom stereocenters. The van der Waals surface area contributed by atoms with Crippen LogP contribution in [0.5, 0.6) is 0 Å². The minimum Gasteiger partial charge on any atom is -0.445 e. The fourth-order valence-electron chi connectivity index (χ4n) is 7.59. The summed E-state index contributed by atoms with van der Waals surface area (Å²) in [7, 11) is 2.69.